The SMILES string of the molecule is CNC(=O)N1CCc2c(N)noc2C1. The van der Waals surface area contributed by atoms with E-state index in [1.54, 1.807) is 11.9 Å². The molecule has 76 valence electrons. The van der Waals surface area contributed by atoms with Crippen LogP contribution in [-0.4, -0.2) is 29.7 Å². The summed E-state index contributed by atoms with van der Waals surface area (Å²) in [5.41, 5.74) is 6.53. The van der Waals surface area contributed by atoms with Crippen LogP contribution < -0.4 is 11.1 Å². The maximum Gasteiger partial charge on any atom is 0.317 e. The lowest BCUT2D eigenvalue weighted by Crippen LogP contribution is -2.41. The Morgan fingerprint density at radius 3 is 3.21 bits per heavy atom. The number of fused-ring (bicyclic) bond motifs is 1. The van der Waals surface area contributed by atoms with Gasteiger partial charge in [-0.3, -0.25) is 0 Å². The van der Waals surface area contributed by atoms with Gasteiger partial charge < -0.3 is 20.5 Å². The first-order valence-corrected chi connectivity index (χ1v) is 4.42. The van der Waals surface area contributed by atoms with E-state index in [9.17, 15) is 4.79 Å². The van der Waals surface area contributed by atoms with E-state index in [-0.39, 0.29) is 6.03 Å². The van der Waals surface area contributed by atoms with Gasteiger partial charge in [-0.2, -0.15) is 0 Å². The van der Waals surface area contributed by atoms with E-state index in [0.29, 0.717) is 31.1 Å². The van der Waals surface area contributed by atoms with E-state index in [4.69, 9.17) is 10.3 Å². The van der Waals surface area contributed by atoms with Gasteiger partial charge in [-0.05, 0) is 6.42 Å². The van der Waals surface area contributed by atoms with Gasteiger partial charge in [0.15, 0.2) is 11.6 Å². The van der Waals surface area contributed by atoms with Crippen LogP contribution in [0.1, 0.15) is 11.3 Å². The second kappa shape index (κ2) is 3.21. The standard InChI is InChI=1S/C8H12N4O2/c1-10-8(13)12-3-2-5-6(4-12)14-11-7(5)9/h2-4H2,1H3,(H2,9,11)(H,10,13). The molecule has 1 aliphatic heterocycles. The average Bonchev–Trinajstić information content (AvgIpc) is 2.59. The lowest BCUT2D eigenvalue weighted by molar-refractivity contribution is 0.185. The van der Waals surface area contributed by atoms with E-state index in [1.807, 2.05) is 0 Å². The molecule has 2 heterocycles. The minimum absolute atomic E-state index is 0.106. The number of amides is 2. The van der Waals surface area contributed by atoms with E-state index in [0.717, 1.165) is 5.56 Å². The third-order valence-corrected chi connectivity index (χ3v) is 2.37. The summed E-state index contributed by atoms with van der Waals surface area (Å²) in [6.07, 6.45) is 0.706. The summed E-state index contributed by atoms with van der Waals surface area (Å²) in [7, 11) is 1.60. The van der Waals surface area contributed by atoms with Gasteiger partial charge in [0.2, 0.25) is 0 Å². The van der Waals surface area contributed by atoms with E-state index in [2.05, 4.69) is 10.5 Å². The maximum atomic E-state index is 11.3. The number of carbonyl (C=O) groups is 1. The van der Waals surface area contributed by atoms with Gasteiger partial charge in [-0.1, -0.05) is 5.16 Å². The van der Waals surface area contributed by atoms with Crippen molar-refractivity contribution in [3.05, 3.63) is 11.3 Å². The Morgan fingerprint density at radius 1 is 1.71 bits per heavy atom. The average molecular weight is 196 g/mol. The fourth-order valence-corrected chi connectivity index (χ4v) is 1.58. The molecule has 0 saturated heterocycles. The van der Waals surface area contributed by atoms with E-state index >= 15 is 0 Å². The number of nitrogens with zero attached hydrogens (tertiary/aromatic N) is 2. The summed E-state index contributed by atoms with van der Waals surface area (Å²) >= 11 is 0. The van der Waals surface area contributed by atoms with Gasteiger partial charge in [0.05, 0.1) is 6.54 Å². The second-order valence-corrected chi connectivity index (χ2v) is 3.20. The van der Waals surface area contributed by atoms with Crippen LogP contribution in [0.2, 0.25) is 0 Å². The van der Waals surface area contributed by atoms with Crippen molar-refractivity contribution in [1.82, 2.24) is 15.4 Å². The lowest BCUT2D eigenvalue weighted by Gasteiger charge is -2.24. The second-order valence-electron chi connectivity index (χ2n) is 3.20. The first kappa shape index (κ1) is 8.86. The molecule has 2 rings (SSSR count). The highest BCUT2D eigenvalue weighted by atomic mass is 16.5. The van der Waals surface area contributed by atoms with Crippen LogP contribution in [0.25, 0.3) is 0 Å². The smallest absolute Gasteiger partial charge is 0.317 e. The number of urea groups is 1. The quantitative estimate of drug-likeness (QED) is 0.609. The molecule has 1 aliphatic rings. The summed E-state index contributed by atoms with van der Waals surface area (Å²) in [5.74, 6) is 1.13. The van der Waals surface area contributed by atoms with Crippen molar-refractivity contribution in [2.45, 2.75) is 13.0 Å². The van der Waals surface area contributed by atoms with Crippen molar-refractivity contribution in [1.29, 1.82) is 0 Å². The molecule has 6 heteroatoms. The monoisotopic (exact) mass is 196 g/mol. The number of rotatable bonds is 0. The highest BCUT2D eigenvalue weighted by molar-refractivity contribution is 5.74. The van der Waals surface area contributed by atoms with Crippen LogP contribution in [-0.2, 0) is 13.0 Å². The van der Waals surface area contributed by atoms with Crippen molar-refractivity contribution < 1.29 is 9.32 Å². The lowest BCUT2D eigenvalue weighted by atomic mass is 10.1. The summed E-state index contributed by atoms with van der Waals surface area (Å²) in [6.45, 7) is 1.09. The van der Waals surface area contributed by atoms with Gasteiger partial charge in [-0.15, -0.1) is 0 Å². The van der Waals surface area contributed by atoms with Crippen molar-refractivity contribution in [2.24, 2.45) is 0 Å². The van der Waals surface area contributed by atoms with Gasteiger partial charge in [0.25, 0.3) is 0 Å². The molecule has 0 spiro atoms. The zero-order valence-electron chi connectivity index (χ0n) is 7.91. The molecule has 0 bridgehead atoms. The van der Waals surface area contributed by atoms with Crippen molar-refractivity contribution >= 4 is 11.8 Å². The molecule has 14 heavy (non-hydrogen) atoms. The van der Waals surface area contributed by atoms with Gasteiger partial charge in [0.1, 0.15) is 0 Å². The third-order valence-electron chi connectivity index (χ3n) is 2.37. The molecular weight excluding hydrogens is 184 g/mol. The minimum atomic E-state index is -0.106. The van der Waals surface area contributed by atoms with Crippen LogP contribution in [0.3, 0.4) is 0 Å². The largest absolute Gasteiger partial charge is 0.381 e. The fourth-order valence-electron chi connectivity index (χ4n) is 1.58. The zero-order chi connectivity index (χ0) is 10.1. The molecule has 0 radical (unpaired) electrons. The molecule has 6 nitrogen and oxygen atoms in total. The van der Waals surface area contributed by atoms with Gasteiger partial charge in [-0.25, -0.2) is 4.79 Å². The number of hydrogen-bond donors (Lipinski definition) is 2. The Labute approximate surface area is 81.0 Å². The van der Waals surface area contributed by atoms with Crippen molar-refractivity contribution in [3.63, 3.8) is 0 Å². The predicted octanol–water partition coefficient (Wildman–Crippen LogP) is -0.0457. The number of aromatic nitrogens is 1. The summed E-state index contributed by atoms with van der Waals surface area (Å²) in [6, 6.07) is -0.106. The molecule has 1 aromatic rings. The molecule has 0 fully saturated rings. The summed E-state index contributed by atoms with van der Waals surface area (Å²) in [5, 5.41) is 6.23. The van der Waals surface area contributed by atoms with Crippen molar-refractivity contribution in [2.75, 3.05) is 19.3 Å². The predicted molar refractivity (Wildman–Crippen MR) is 49.5 cm³/mol. The Bertz CT molecular complexity index is 360. The number of hydrogen-bond acceptors (Lipinski definition) is 4. The summed E-state index contributed by atoms with van der Waals surface area (Å²) in [4.78, 5) is 13.0. The Hall–Kier alpha value is -1.72. The number of nitrogens with one attached hydrogen (secondary N) is 1. The van der Waals surface area contributed by atoms with Gasteiger partial charge >= 0.3 is 6.03 Å². The number of nitrogen functional groups attached to an aromatic ring is 1. The Balaban J connectivity index is 2.18. The highest BCUT2D eigenvalue weighted by Gasteiger charge is 2.25. The first-order valence-electron chi connectivity index (χ1n) is 4.42. The fraction of sp³-hybridized carbons (Fsp3) is 0.500. The van der Waals surface area contributed by atoms with E-state index < -0.39 is 0 Å². The zero-order valence-corrected chi connectivity index (χ0v) is 7.91. The first-order chi connectivity index (χ1) is 6.72. The molecule has 1 aromatic heterocycles. The molecule has 0 aliphatic carbocycles. The normalized spacial score (nSPS) is 15.1. The number of anilines is 1. The molecule has 3 N–H and O–H groups in total. The molecule has 0 atom stereocenters. The van der Waals surface area contributed by atoms with Crippen molar-refractivity contribution in [3.8, 4) is 0 Å². The molecule has 0 unspecified atom stereocenters. The minimum Gasteiger partial charge on any atom is -0.381 e. The Morgan fingerprint density at radius 2 is 2.50 bits per heavy atom. The molecule has 2 amide bonds. The highest BCUT2D eigenvalue weighted by Crippen LogP contribution is 2.23. The molecule has 0 saturated carbocycles. The molecule has 0 aromatic carbocycles. The topological polar surface area (TPSA) is 84.4 Å². The van der Waals surface area contributed by atoms with Gasteiger partial charge in [0, 0.05) is 19.2 Å². The van der Waals surface area contributed by atoms with Crippen LogP contribution in [0, 0.1) is 0 Å². The third kappa shape index (κ3) is 1.28. The van der Waals surface area contributed by atoms with Crippen LogP contribution >= 0.6 is 0 Å². The molecular formula is C8H12N4O2. The Kier molecular flexibility index (Phi) is 2.03. The summed E-state index contributed by atoms with van der Waals surface area (Å²) < 4.78 is 5.01. The van der Waals surface area contributed by atoms with Crippen LogP contribution in [0.5, 0.6) is 0 Å². The maximum absolute atomic E-state index is 11.3. The number of carbonyl (C=O) groups excluding carboxylic acids is 1. The van der Waals surface area contributed by atoms with Crippen LogP contribution in [0.15, 0.2) is 4.52 Å². The number of nitrogens with two attached hydrogens (primary N) is 1. The van der Waals surface area contributed by atoms with E-state index in [1.165, 1.54) is 0 Å². The van der Waals surface area contributed by atoms with Crippen LogP contribution in [0.4, 0.5) is 10.6 Å².